The molecule has 2 nitrogen and oxygen atoms in total. The van der Waals surface area contributed by atoms with Crippen molar-refractivity contribution in [2.24, 2.45) is 0 Å². The first-order valence-corrected chi connectivity index (χ1v) is 8.29. The molecule has 1 fully saturated rings. The number of benzene rings is 1. The highest BCUT2D eigenvalue weighted by molar-refractivity contribution is 9.10. The lowest BCUT2D eigenvalue weighted by Gasteiger charge is -2.19. The Morgan fingerprint density at radius 3 is 2.95 bits per heavy atom. The van der Waals surface area contributed by atoms with Crippen LogP contribution in [0.2, 0.25) is 0 Å². The molecule has 2 atom stereocenters. The summed E-state index contributed by atoms with van der Waals surface area (Å²) in [4.78, 5) is 0. The predicted molar refractivity (Wildman–Crippen MR) is 83.3 cm³/mol. The minimum Gasteiger partial charge on any atom is -0.378 e. The Balaban J connectivity index is 1.91. The topological polar surface area (TPSA) is 21.3 Å². The van der Waals surface area contributed by atoms with E-state index in [9.17, 15) is 4.39 Å². The molecule has 0 radical (unpaired) electrons. The third kappa shape index (κ3) is 4.83. The Hall–Kier alpha value is -0.450. The number of nitrogens with one attached hydrogen (secondary N) is 1. The van der Waals surface area contributed by atoms with Crippen LogP contribution in [0.25, 0.3) is 0 Å². The molecule has 0 amide bonds. The van der Waals surface area contributed by atoms with Crippen LogP contribution in [0, 0.1) is 5.82 Å². The van der Waals surface area contributed by atoms with Crippen LogP contribution in [0.3, 0.4) is 0 Å². The molecule has 1 saturated heterocycles. The Morgan fingerprint density at radius 1 is 1.45 bits per heavy atom. The quantitative estimate of drug-likeness (QED) is 0.781. The monoisotopic (exact) mass is 343 g/mol. The van der Waals surface area contributed by atoms with Gasteiger partial charge in [0.2, 0.25) is 0 Å². The van der Waals surface area contributed by atoms with Crippen molar-refractivity contribution < 1.29 is 9.13 Å². The van der Waals surface area contributed by atoms with E-state index in [-0.39, 0.29) is 11.9 Å². The van der Waals surface area contributed by atoms with Crippen LogP contribution < -0.4 is 5.32 Å². The van der Waals surface area contributed by atoms with E-state index in [0.29, 0.717) is 6.10 Å². The number of hydrogen-bond donors (Lipinski definition) is 1. The highest BCUT2D eigenvalue weighted by Gasteiger charge is 2.17. The zero-order chi connectivity index (χ0) is 14.4. The van der Waals surface area contributed by atoms with Crippen LogP contribution in [0.15, 0.2) is 22.7 Å². The number of ether oxygens (including phenoxy) is 1. The van der Waals surface area contributed by atoms with Gasteiger partial charge in [-0.1, -0.05) is 22.9 Å². The molecule has 2 rings (SSSR count). The molecule has 0 aromatic heterocycles. The van der Waals surface area contributed by atoms with E-state index in [0.717, 1.165) is 42.5 Å². The molecular formula is C16H23BrFNO. The second-order valence-electron chi connectivity index (χ2n) is 5.38. The van der Waals surface area contributed by atoms with E-state index in [2.05, 4.69) is 28.2 Å². The molecule has 0 bridgehead atoms. The van der Waals surface area contributed by atoms with Gasteiger partial charge < -0.3 is 10.1 Å². The summed E-state index contributed by atoms with van der Waals surface area (Å²) in [5, 5.41) is 3.45. The van der Waals surface area contributed by atoms with Crippen molar-refractivity contribution in [3.63, 3.8) is 0 Å². The average Bonchev–Trinajstić information content (AvgIpc) is 2.89. The van der Waals surface area contributed by atoms with Gasteiger partial charge in [0.1, 0.15) is 5.82 Å². The largest absolute Gasteiger partial charge is 0.378 e. The molecule has 1 aromatic carbocycles. The SMILES string of the molecule is CCNC(CCCC1CCCO1)c1cc(F)cc(Br)c1. The Morgan fingerprint density at radius 2 is 2.30 bits per heavy atom. The van der Waals surface area contributed by atoms with Crippen molar-refractivity contribution in [2.75, 3.05) is 13.2 Å². The van der Waals surface area contributed by atoms with Crippen molar-refractivity contribution in [1.29, 1.82) is 0 Å². The lowest BCUT2D eigenvalue weighted by atomic mass is 9.99. The summed E-state index contributed by atoms with van der Waals surface area (Å²) in [6, 6.07) is 5.35. The van der Waals surface area contributed by atoms with E-state index in [1.807, 2.05) is 6.07 Å². The molecule has 4 heteroatoms. The van der Waals surface area contributed by atoms with Gasteiger partial charge in [-0.05, 0) is 62.4 Å². The van der Waals surface area contributed by atoms with Crippen LogP contribution in [0.1, 0.15) is 50.6 Å². The van der Waals surface area contributed by atoms with Crippen molar-refractivity contribution in [2.45, 2.75) is 51.2 Å². The lowest BCUT2D eigenvalue weighted by molar-refractivity contribution is 0.101. The molecule has 0 aliphatic carbocycles. The molecule has 0 saturated carbocycles. The zero-order valence-electron chi connectivity index (χ0n) is 12.0. The molecule has 0 spiro atoms. The van der Waals surface area contributed by atoms with Gasteiger partial charge in [0, 0.05) is 17.1 Å². The molecule has 20 heavy (non-hydrogen) atoms. The van der Waals surface area contributed by atoms with Crippen molar-refractivity contribution in [3.8, 4) is 0 Å². The first-order chi connectivity index (χ1) is 9.69. The summed E-state index contributed by atoms with van der Waals surface area (Å²) >= 11 is 3.37. The normalized spacial score (nSPS) is 20.2. The summed E-state index contributed by atoms with van der Waals surface area (Å²) in [5.74, 6) is -0.184. The summed E-state index contributed by atoms with van der Waals surface area (Å²) < 4.78 is 20.0. The smallest absolute Gasteiger partial charge is 0.124 e. The van der Waals surface area contributed by atoms with E-state index in [1.165, 1.54) is 18.9 Å². The minimum absolute atomic E-state index is 0.184. The standard InChI is InChI=1S/C16H23BrFNO/c1-2-19-16(7-3-5-15-6-4-8-20-15)12-9-13(17)11-14(18)10-12/h9-11,15-16,19H,2-8H2,1H3. The van der Waals surface area contributed by atoms with Gasteiger partial charge in [0.15, 0.2) is 0 Å². The first-order valence-electron chi connectivity index (χ1n) is 7.50. The van der Waals surface area contributed by atoms with Crippen LogP contribution in [0.5, 0.6) is 0 Å². The van der Waals surface area contributed by atoms with E-state index in [1.54, 1.807) is 6.07 Å². The van der Waals surface area contributed by atoms with Gasteiger partial charge in [-0.15, -0.1) is 0 Å². The van der Waals surface area contributed by atoms with E-state index >= 15 is 0 Å². The summed E-state index contributed by atoms with van der Waals surface area (Å²) in [7, 11) is 0. The van der Waals surface area contributed by atoms with Crippen molar-refractivity contribution >= 4 is 15.9 Å². The van der Waals surface area contributed by atoms with Crippen LogP contribution in [-0.2, 0) is 4.74 Å². The van der Waals surface area contributed by atoms with Gasteiger partial charge in [-0.2, -0.15) is 0 Å². The highest BCUT2D eigenvalue weighted by Crippen LogP contribution is 2.26. The third-order valence-electron chi connectivity index (χ3n) is 3.78. The number of halogens is 2. The molecule has 1 aliphatic heterocycles. The fourth-order valence-electron chi connectivity index (χ4n) is 2.83. The maximum atomic E-state index is 13.5. The molecule has 112 valence electrons. The molecule has 1 aliphatic rings. The third-order valence-corrected chi connectivity index (χ3v) is 4.24. The summed E-state index contributed by atoms with van der Waals surface area (Å²) in [6.07, 6.45) is 6.06. The van der Waals surface area contributed by atoms with E-state index < -0.39 is 0 Å². The summed E-state index contributed by atoms with van der Waals surface area (Å²) in [6.45, 7) is 3.89. The van der Waals surface area contributed by atoms with Gasteiger partial charge in [0.05, 0.1) is 6.10 Å². The Bertz CT molecular complexity index is 401. The van der Waals surface area contributed by atoms with Crippen molar-refractivity contribution in [1.82, 2.24) is 5.32 Å². The number of rotatable bonds is 7. The van der Waals surface area contributed by atoms with Crippen LogP contribution in [0.4, 0.5) is 4.39 Å². The predicted octanol–water partition coefficient (Wildman–Crippen LogP) is 4.59. The average molecular weight is 344 g/mol. The molecular weight excluding hydrogens is 321 g/mol. The number of hydrogen-bond acceptors (Lipinski definition) is 2. The first kappa shape index (κ1) is 15.9. The van der Waals surface area contributed by atoms with Gasteiger partial charge >= 0.3 is 0 Å². The minimum atomic E-state index is -0.184. The molecule has 2 unspecified atom stereocenters. The summed E-state index contributed by atoms with van der Waals surface area (Å²) in [5.41, 5.74) is 1.02. The highest BCUT2D eigenvalue weighted by atomic mass is 79.9. The Labute approximate surface area is 129 Å². The van der Waals surface area contributed by atoms with Gasteiger partial charge in [0.25, 0.3) is 0 Å². The van der Waals surface area contributed by atoms with E-state index in [4.69, 9.17) is 4.74 Å². The maximum Gasteiger partial charge on any atom is 0.124 e. The van der Waals surface area contributed by atoms with Gasteiger partial charge in [-0.3, -0.25) is 0 Å². The maximum absolute atomic E-state index is 13.5. The second-order valence-corrected chi connectivity index (χ2v) is 6.29. The lowest BCUT2D eigenvalue weighted by Crippen LogP contribution is -2.21. The van der Waals surface area contributed by atoms with Crippen LogP contribution in [-0.4, -0.2) is 19.3 Å². The molecule has 1 heterocycles. The molecule has 1 N–H and O–H groups in total. The van der Waals surface area contributed by atoms with Crippen molar-refractivity contribution in [3.05, 3.63) is 34.1 Å². The molecule has 1 aromatic rings. The van der Waals surface area contributed by atoms with Crippen LogP contribution >= 0.6 is 15.9 Å². The zero-order valence-corrected chi connectivity index (χ0v) is 13.6. The Kier molecular flexibility index (Phi) is 6.46. The fraction of sp³-hybridized carbons (Fsp3) is 0.625. The van der Waals surface area contributed by atoms with Gasteiger partial charge in [-0.25, -0.2) is 4.39 Å². The second kappa shape index (κ2) is 8.11. The fourth-order valence-corrected chi connectivity index (χ4v) is 3.31.